The van der Waals surface area contributed by atoms with Gasteiger partial charge in [-0.1, -0.05) is 16.4 Å². The van der Waals surface area contributed by atoms with Crippen LogP contribution in [0, 0.1) is 0 Å². The van der Waals surface area contributed by atoms with Crippen molar-refractivity contribution in [3.8, 4) is 0 Å². The zero-order valence-corrected chi connectivity index (χ0v) is 39.6. The third kappa shape index (κ3) is 11.7. The van der Waals surface area contributed by atoms with E-state index in [1.165, 1.54) is 36.4 Å². The average Bonchev–Trinajstić information content (AvgIpc) is 3.95. The van der Waals surface area contributed by atoms with Crippen molar-refractivity contribution in [3.63, 3.8) is 0 Å². The summed E-state index contributed by atoms with van der Waals surface area (Å²) in [6.07, 6.45) is 3.46. The third-order valence-corrected chi connectivity index (χ3v) is 14.1. The van der Waals surface area contributed by atoms with E-state index in [9.17, 15) is 63.9 Å². The second-order valence-electron chi connectivity index (χ2n) is 15.8. The molecule has 0 radical (unpaired) electrons. The number of thiazole rings is 2. The highest BCUT2D eigenvalue weighted by Crippen LogP contribution is 2.40. The Bertz CT molecular complexity index is 2720. The number of carboxylic acid groups (broad SMARTS) is 5. The van der Waals surface area contributed by atoms with E-state index in [0.717, 1.165) is 53.2 Å². The van der Waals surface area contributed by atoms with E-state index >= 15 is 0 Å². The van der Waals surface area contributed by atoms with Gasteiger partial charge in [0.05, 0.1) is 11.7 Å². The summed E-state index contributed by atoms with van der Waals surface area (Å²) >= 11 is 3.94. The second kappa shape index (κ2) is 20.9. The molecule has 3 amide bonds. The zero-order valence-electron chi connectivity index (χ0n) is 36.4. The summed E-state index contributed by atoms with van der Waals surface area (Å²) in [6.45, 7) is 4.58. The fourth-order valence-electron chi connectivity index (χ4n) is 6.17. The molecule has 0 aliphatic carbocycles. The molecule has 3 aliphatic rings. The van der Waals surface area contributed by atoms with Crippen molar-refractivity contribution in [2.45, 2.75) is 68.3 Å². The lowest BCUT2D eigenvalue weighted by molar-refractivity contribution is -0.689. The number of fused-ring (bicyclic) bond motifs is 1. The van der Waals surface area contributed by atoms with Crippen LogP contribution in [0.2, 0.25) is 0 Å². The highest BCUT2D eigenvalue weighted by atomic mass is 32.2. The number of aromatic nitrogens is 3. The number of anilines is 2. The molecule has 6 rings (SSSR count). The van der Waals surface area contributed by atoms with Crippen LogP contribution in [-0.4, -0.2) is 146 Å². The van der Waals surface area contributed by atoms with Gasteiger partial charge >= 0.3 is 23.9 Å². The molecule has 0 spiro atoms. The number of pyridine rings is 1. The first-order valence-electron chi connectivity index (χ1n) is 19.9. The molecule has 0 aromatic carbocycles. The van der Waals surface area contributed by atoms with Crippen LogP contribution in [0.4, 0.5) is 10.3 Å². The maximum Gasteiger partial charge on any atom is 0.352 e. The first-order chi connectivity index (χ1) is 32.5. The summed E-state index contributed by atoms with van der Waals surface area (Å²) < 4.78 is 1.73. The van der Waals surface area contributed by atoms with Gasteiger partial charge in [0, 0.05) is 46.5 Å². The summed E-state index contributed by atoms with van der Waals surface area (Å²) in [5.74, 6) is -10.4. The monoisotopic (exact) mass is 1030 g/mol. The van der Waals surface area contributed by atoms with Crippen LogP contribution in [-0.2, 0) is 54.6 Å². The maximum absolute atomic E-state index is 13.9. The molecule has 1 saturated heterocycles. The van der Waals surface area contributed by atoms with Crippen LogP contribution in [0.5, 0.6) is 0 Å². The van der Waals surface area contributed by atoms with Crippen LogP contribution in [0.15, 0.2) is 74.2 Å². The summed E-state index contributed by atoms with van der Waals surface area (Å²) in [5.41, 5.74) is 0.206. The molecular formula is C39H41N11O15S4. The highest BCUT2D eigenvalue weighted by molar-refractivity contribution is 8.00. The Balaban J connectivity index is 1.17. The SMILES string of the molecule is CC(C)(O/N=C(\C(=O)N[C@H](C(=O)O)[C@@H]1NC(C(=O)O)=C(CNc2nc(/C(=N/OC(C)(C)C(=O)O)C(=O)N[C@@H]3C(=O)N4C(C(=O)[O-])=C(C[n+]5ccccc5)CS[C@H]34)cs2)CS1)c1csc(N)n1)C(=O)O. The minimum Gasteiger partial charge on any atom is -0.543 e. The van der Waals surface area contributed by atoms with Gasteiger partial charge in [0.1, 0.15) is 33.9 Å². The van der Waals surface area contributed by atoms with E-state index < -0.39 is 98.7 Å². The lowest BCUT2D eigenvalue weighted by Crippen LogP contribution is -2.71. The molecule has 26 nitrogen and oxygen atoms in total. The van der Waals surface area contributed by atoms with E-state index in [1.54, 1.807) is 35.2 Å². The van der Waals surface area contributed by atoms with Crippen molar-refractivity contribution in [2.24, 2.45) is 10.3 Å². The summed E-state index contributed by atoms with van der Waals surface area (Å²) in [6, 6.07) is 2.25. The smallest absolute Gasteiger partial charge is 0.352 e. The molecule has 3 aromatic heterocycles. The Morgan fingerprint density at radius 3 is 2.06 bits per heavy atom. The molecule has 30 heteroatoms. The fraction of sp³-hybridized carbons (Fsp3) is 0.359. The quantitative estimate of drug-likeness (QED) is 0.0252. The molecule has 0 bridgehead atoms. The first-order valence-corrected chi connectivity index (χ1v) is 23.7. The number of oxime groups is 2. The van der Waals surface area contributed by atoms with Crippen molar-refractivity contribution in [2.75, 3.05) is 29.1 Å². The number of carbonyl (C=O) groups excluding carboxylic acids is 4. The van der Waals surface area contributed by atoms with Crippen molar-refractivity contribution >= 4 is 115 Å². The van der Waals surface area contributed by atoms with E-state index in [4.69, 9.17) is 15.4 Å². The molecule has 6 heterocycles. The Kier molecular flexibility index (Phi) is 15.5. The van der Waals surface area contributed by atoms with Gasteiger partial charge in [0.2, 0.25) is 11.2 Å². The number of nitrogen functional groups attached to an aromatic ring is 1. The Hall–Kier alpha value is -7.31. The molecule has 3 aromatic rings. The van der Waals surface area contributed by atoms with Crippen LogP contribution in [0.3, 0.4) is 0 Å². The third-order valence-electron chi connectivity index (χ3n) is 9.98. The van der Waals surface area contributed by atoms with Crippen LogP contribution in [0.1, 0.15) is 39.1 Å². The summed E-state index contributed by atoms with van der Waals surface area (Å²) in [5, 5.41) is 70.1. The summed E-state index contributed by atoms with van der Waals surface area (Å²) in [4.78, 5) is 121. The topological polar surface area (TPSA) is 391 Å². The predicted octanol–water partition coefficient (Wildman–Crippen LogP) is -1.58. The molecule has 69 heavy (non-hydrogen) atoms. The number of rotatable bonds is 21. The molecular weight excluding hydrogens is 991 g/mol. The maximum atomic E-state index is 13.9. The van der Waals surface area contributed by atoms with Gasteiger partial charge in [-0.15, -0.1) is 46.2 Å². The second-order valence-corrected chi connectivity index (χ2v) is 19.7. The van der Waals surface area contributed by atoms with Crippen molar-refractivity contribution in [1.29, 1.82) is 0 Å². The number of hydrogen-bond acceptors (Lipinski definition) is 22. The lowest BCUT2D eigenvalue weighted by atomic mass is 10.0. The number of β-lactam (4-membered cyclic amide) rings is 1. The van der Waals surface area contributed by atoms with E-state index in [2.05, 4.69) is 41.5 Å². The molecule has 3 aliphatic heterocycles. The van der Waals surface area contributed by atoms with Crippen LogP contribution in [0.25, 0.3) is 0 Å². The average molecular weight is 1030 g/mol. The Morgan fingerprint density at radius 2 is 1.49 bits per heavy atom. The van der Waals surface area contributed by atoms with Gasteiger partial charge in [-0.05, 0) is 33.3 Å². The molecule has 1 fully saturated rings. The molecule has 10 N–H and O–H groups in total. The molecule has 0 unspecified atom stereocenters. The number of amides is 3. The number of thioether (sulfide) groups is 2. The van der Waals surface area contributed by atoms with Crippen molar-refractivity contribution in [3.05, 3.63) is 75.3 Å². The number of aliphatic carboxylic acids is 5. The number of carboxylic acids is 5. The standard InChI is InChI=1S/C39H41N11O15S4/c1-38(2,34(60)61)64-47-21(18-14-68-36(40)42-18)26(51)44-23(32(56)57)28-46-20(31(54)55)16(12-66-28)10-41-37-43-19(15-69-37)22(48-65-39(3,4)35(62)63)27(52)45-24-29(53)50-25(33(58)59)17(13-67-30(24)50)11-49-8-6-5-7-9-49/h5-9,14-15,23-24,28,30,46H,10-13H2,1-4H3,(H9-,40,41,42,43,44,45,51,52,54,55,56,57,58,59,60,61,62,63)/b47-21-,48-22-/t23-,24+,28+,30+/m0/s1. The molecule has 0 saturated carbocycles. The van der Waals surface area contributed by atoms with Gasteiger partial charge in [0.15, 0.2) is 46.7 Å². The number of nitrogens with one attached hydrogen (secondary N) is 4. The minimum atomic E-state index is -1.95. The largest absolute Gasteiger partial charge is 0.543 e. The zero-order chi connectivity index (χ0) is 50.5. The van der Waals surface area contributed by atoms with Crippen LogP contribution >= 0.6 is 46.2 Å². The van der Waals surface area contributed by atoms with E-state index in [0.29, 0.717) is 5.57 Å². The minimum absolute atomic E-state index is 0.00128. The summed E-state index contributed by atoms with van der Waals surface area (Å²) in [7, 11) is 0. The normalized spacial score (nSPS) is 19.0. The van der Waals surface area contributed by atoms with Crippen molar-refractivity contribution < 1.29 is 78.1 Å². The van der Waals surface area contributed by atoms with E-state index in [1.807, 2.05) is 0 Å². The van der Waals surface area contributed by atoms with Gasteiger partial charge < -0.3 is 67.0 Å². The molecule has 4 atom stereocenters. The number of nitrogens with zero attached hydrogens (tertiary/aromatic N) is 6. The lowest BCUT2D eigenvalue weighted by Gasteiger charge is -2.50. The van der Waals surface area contributed by atoms with Gasteiger partial charge in [0.25, 0.3) is 17.7 Å². The predicted molar refractivity (Wildman–Crippen MR) is 243 cm³/mol. The fourth-order valence-corrected chi connectivity index (χ4v) is 9.95. The van der Waals surface area contributed by atoms with Gasteiger partial charge in [-0.25, -0.2) is 33.7 Å². The number of hydrogen-bond donors (Lipinski definition) is 9. The highest BCUT2D eigenvalue weighted by Gasteiger charge is 2.53. The van der Waals surface area contributed by atoms with Crippen LogP contribution < -0.4 is 36.7 Å². The van der Waals surface area contributed by atoms with Gasteiger partial charge in [-0.2, -0.15) is 0 Å². The number of nitrogens with two attached hydrogens (primary N) is 1. The van der Waals surface area contributed by atoms with E-state index in [-0.39, 0.29) is 57.5 Å². The Labute approximate surface area is 405 Å². The molecule has 366 valence electrons. The first kappa shape index (κ1) is 51.1. The van der Waals surface area contributed by atoms with Gasteiger partial charge in [-0.3, -0.25) is 19.3 Å². The Morgan fingerprint density at radius 1 is 0.899 bits per heavy atom. The number of carbonyl (C=O) groups is 8. The van der Waals surface area contributed by atoms with Crippen molar-refractivity contribution in [1.82, 2.24) is 30.8 Å².